The van der Waals surface area contributed by atoms with Crippen LogP contribution in [0.1, 0.15) is 11.7 Å². The number of ether oxygens (including phenoxy) is 1. The summed E-state index contributed by atoms with van der Waals surface area (Å²) in [5, 5.41) is 19.5. The van der Waals surface area contributed by atoms with Crippen molar-refractivity contribution in [3.8, 4) is 5.75 Å². The number of aliphatic hydroxyl groups is 1. The van der Waals surface area contributed by atoms with Crippen LogP contribution in [0.2, 0.25) is 0 Å². The predicted octanol–water partition coefficient (Wildman–Crippen LogP) is 1.23. The number of aliphatic carboxylic acids is 1. The number of methoxy groups -OCH3 is 1. The number of carboxylic acids is 1. The number of nitrogens with zero attached hydrogens (tertiary/aromatic N) is 1. The van der Waals surface area contributed by atoms with Gasteiger partial charge in [-0.05, 0) is 17.7 Å². The van der Waals surface area contributed by atoms with Crippen molar-refractivity contribution in [2.45, 2.75) is 12.1 Å². The number of β-amino-alcohol motifs (C(OH)–C–C–N with tert-alkyl or cyclic N) is 1. The lowest BCUT2D eigenvalue weighted by Crippen LogP contribution is -2.48. The van der Waals surface area contributed by atoms with Crippen molar-refractivity contribution < 1.29 is 19.7 Å². The van der Waals surface area contributed by atoms with Gasteiger partial charge < -0.3 is 14.9 Å². The average Bonchev–Trinajstić information content (AvgIpc) is 2.47. The monoisotopic (exact) mass is 297 g/mol. The van der Waals surface area contributed by atoms with Gasteiger partial charge in [-0.25, -0.2) is 0 Å². The van der Waals surface area contributed by atoms with Gasteiger partial charge in [-0.2, -0.15) is 11.8 Å². The third-order valence-electron chi connectivity index (χ3n) is 3.41. The molecule has 1 fully saturated rings. The molecular formula is C14H19NO4S. The third kappa shape index (κ3) is 3.65. The molecule has 0 aromatic heterocycles. The van der Waals surface area contributed by atoms with E-state index in [9.17, 15) is 15.0 Å². The van der Waals surface area contributed by atoms with Gasteiger partial charge in [0.15, 0.2) is 0 Å². The van der Waals surface area contributed by atoms with Gasteiger partial charge in [0.2, 0.25) is 0 Å². The molecule has 20 heavy (non-hydrogen) atoms. The summed E-state index contributed by atoms with van der Waals surface area (Å²) in [6.07, 6.45) is -0.713. The van der Waals surface area contributed by atoms with Crippen LogP contribution in [-0.2, 0) is 4.79 Å². The Kier molecular flexibility index (Phi) is 5.28. The Morgan fingerprint density at radius 2 is 2.40 bits per heavy atom. The van der Waals surface area contributed by atoms with E-state index >= 15 is 0 Å². The van der Waals surface area contributed by atoms with E-state index < -0.39 is 18.1 Å². The molecular weight excluding hydrogens is 278 g/mol. The summed E-state index contributed by atoms with van der Waals surface area (Å²) in [5.41, 5.74) is 0.742. The second-order valence-electron chi connectivity index (χ2n) is 4.72. The first-order chi connectivity index (χ1) is 9.61. The number of benzene rings is 1. The molecule has 1 aromatic rings. The molecule has 2 N–H and O–H groups in total. The lowest BCUT2D eigenvalue weighted by Gasteiger charge is -2.33. The second kappa shape index (κ2) is 6.97. The van der Waals surface area contributed by atoms with Crippen LogP contribution in [0.3, 0.4) is 0 Å². The fourth-order valence-electron chi connectivity index (χ4n) is 2.26. The summed E-state index contributed by atoms with van der Waals surface area (Å²) in [5.74, 6) is 1.33. The number of thioether (sulfide) groups is 1. The molecule has 0 amide bonds. The first-order valence-corrected chi connectivity index (χ1v) is 7.64. The van der Waals surface area contributed by atoms with Crippen LogP contribution >= 0.6 is 11.8 Å². The van der Waals surface area contributed by atoms with Gasteiger partial charge in [0.05, 0.1) is 13.2 Å². The van der Waals surface area contributed by atoms with Crippen LogP contribution in [0.25, 0.3) is 0 Å². The minimum Gasteiger partial charge on any atom is -0.497 e. The number of rotatable bonds is 5. The number of hydrogen-bond acceptors (Lipinski definition) is 5. The largest absolute Gasteiger partial charge is 0.497 e. The highest BCUT2D eigenvalue weighted by Gasteiger charge is 2.30. The maximum Gasteiger partial charge on any atom is 0.321 e. The van der Waals surface area contributed by atoms with E-state index in [1.165, 1.54) is 0 Å². The zero-order valence-corrected chi connectivity index (χ0v) is 12.2. The highest BCUT2D eigenvalue weighted by molar-refractivity contribution is 7.99. The fraction of sp³-hybridized carbons (Fsp3) is 0.500. The van der Waals surface area contributed by atoms with Gasteiger partial charge in [0, 0.05) is 24.6 Å². The van der Waals surface area contributed by atoms with E-state index in [0.717, 1.165) is 11.3 Å². The molecule has 0 bridgehead atoms. The molecule has 0 spiro atoms. The molecule has 6 heteroatoms. The van der Waals surface area contributed by atoms with Gasteiger partial charge in [0.1, 0.15) is 11.8 Å². The topological polar surface area (TPSA) is 70.0 Å². The minimum atomic E-state index is -0.824. The molecule has 1 saturated heterocycles. The average molecular weight is 297 g/mol. The van der Waals surface area contributed by atoms with Crippen LogP contribution in [-0.4, -0.2) is 58.8 Å². The quantitative estimate of drug-likeness (QED) is 0.852. The van der Waals surface area contributed by atoms with E-state index in [4.69, 9.17) is 4.74 Å². The van der Waals surface area contributed by atoms with Crippen molar-refractivity contribution in [3.05, 3.63) is 29.8 Å². The molecule has 110 valence electrons. The molecule has 5 nitrogen and oxygen atoms in total. The number of hydrogen-bond donors (Lipinski definition) is 2. The molecule has 2 unspecified atom stereocenters. The van der Waals surface area contributed by atoms with Crippen molar-refractivity contribution in [1.82, 2.24) is 4.90 Å². The Bertz CT molecular complexity index is 468. The first-order valence-electron chi connectivity index (χ1n) is 6.48. The van der Waals surface area contributed by atoms with Crippen molar-refractivity contribution in [3.63, 3.8) is 0 Å². The van der Waals surface area contributed by atoms with Crippen LogP contribution in [0, 0.1) is 0 Å². The first kappa shape index (κ1) is 15.2. The van der Waals surface area contributed by atoms with Gasteiger partial charge >= 0.3 is 5.97 Å². The van der Waals surface area contributed by atoms with Crippen LogP contribution in [0.15, 0.2) is 24.3 Å². The summed E-state index contributed by atoms with van der Waals surface area (Å²) in [4.78, 5) is 13.1. The van der Waals surface area contributed by atoms with Gasteiger partial charge in [-0.15, -0.1) is 0 Å². The fourth-order valence-corrected chi connectivity index (χ4v) is 3.37. The molecule has 0 saturated carbocycles. The van der Waals surface area contributed by atoms with Crippen molar-refractivity contribution in [2.75, 3.05) is 31.7 Å². The number of carbonyl (C=O) groups is 1. The lowest BCUT2D eigenvalue weighted by atomic mass is 10.1. The molecule has 1 aromatic carbocycles. The van der Waals surface area contributed by atoms with E-state index in [2.05, 4.69) is 0 Å². The summed E-state index contributed by atoms with van der Waals surface area (Å²) >= 11 is 1.64. The summed E-state index contributed by atoms with van der Waals surface area (Å²) < 4.78 is 5.13. The highest BCUT2D eigenvalue weighted by atomic mass is 32.2. The highest BCUT2D eigenvalue weighted by Crippen LogP contribution is 2.23. The van der Waals surface area contributed by atoms with Crippen molar-refractivity contribution in [2.24, 2.45) is 0 Å². The SMILES string of the molecule is COc1cccc(C(O)CN2CCSCC2C(=O)O)c1. The minimum absolute atomic E-state index is 0.324. The predicted molar refractivity (Wildman–Crippen MR) is 78.3 cm³/mol. The standard InChI is InChI=1S/C14H19NO4S/c1-19-11-4-2-3-10(7-11)13(16)8-15-5-6-20-9-12(15)14(17)18/h2-4,7,12-13,16H,5-6,8-9H2,1H3,(H,17,18). The Balaban J connectivity index is 2.05. The molecule has 0 radical (unpaired) electrons. The van der Waals surface area contributed by atoms with Crippen LogP contribution < -0.4 is 4.74 Å². The molecule has 2 atom stereocenters. The van der Waals surface area contributed by atoms with E-state index in [-0.39, 0.29) is 0 Å². The smallest absolute Gasteiger partial charge is 0.321 e. The molecule has 0 aliphatic carbocycles. The van der Waals surface area contributed by atoms with Crippen molar-refractivity contribution >= 4 is 17.7 Å². The summed E-state index contributed by atoms with van der Waals surface area (Å²) in [6, 6.07) is 6.71. The van der Waals surface area contributed by atoms with Crippen molar-refractivity contribution in [1.29, 1.82) is 0 Å². The molecule has 1 aliphatic rings. The van der Waals surface area contributed by atoms with Crippen LogP contribution in [0.4, 0.5) is 0 Å². The second-order valence-corrected chi connectivity index (χ2v) is 5.87. The van der Waals surface area contributed by atoms with Gasteiger partial charge in [-0.1, -0.05) is 12.1 Å². The normalized spacial score (nSPS) is 21.4. The zero-order chi connectivity index (χ0) is 14.5. The third-order valence-corrected chi connectivity index (χ3v) is 4.43. The zero-order valence-electron chi connectivity index (χ0n) is 11.4. The molecule has 2 rings (SSSR count). The summed E-state index contributed by atoms with van der Waals surface area (Å²) in [6.45, 7) is 1.01. The van der Waals surface area contributed by atoms with E-state index in [1.807, 2.05) is 23.1 Å². The number of aliphatic hydroxyl groups excluding tert-OH is 1. The Morgan fingerprint density at radius 3 is 3.10 bits per heavy atom. The van der Waals surface area contributed by atoms with E-state index in [1.54, 1.807) is 24.9 Å². The Hall–Kier alpha value is -1.24. The molecule has 1 heterocycles. The van der Waals surface area contributed by atoms with Crippen LogP contribution in [0.5, 0.6) is 5.75 Å². The summed E-state index contributed by atoms with van der Waals surface area (Å²) in [7, 11) is 1.58. The van der Waals surface area contributed by atoms with E-state index in [0.29, 0.717) is 24.6 Å². The van der Waals surface area contributed by atoms with Gasteiger partial charge in [-0.3, -0.25) is 9.69 Å². The Labute approximate surface area is 122 Å². The molecule has 1 aliphatic heterocycles. The maximum atomic E-state index is 11.2. The Morgan fingerprint density at radius 1 is 1.60 bits per heavy atom. The maximum absolute atomic E-state index is 11.2. The number of carboxylic acid groups (broad SMARTS) is 1. The van der Waals surface area contributed by atoms with Gasteiger partial charge in [0.25, 0.3) is 0 Å². The lowest BCUT2D eigenvalue weighted by molar-refractivity contribution is -0.142.